The van der Waals surface area contributed by atoms with Gasteiger partial charge in [-0.15, -0.1) is 0 Å². The maximum atomic E-state index is 11.9. The third kappa shape index (κ3) is 16.7. The third-order valence-electron chi connectivity index (χ3n) is 5.15. The van der Waals surface area contributed by atoms with Crippen LogP contribution in [0.15, 0.2) is 0 Å². The van der Waals surface area contributed by atoms with E-state index in [1.54, 1.807) is 0 Å². The maximum Gasteiger partial charge on any atom is 0.336 e. The predicted molar refractivity (Wildman–Crippen MR) is 120 cm³/mol. The average molecular weight is 445 g/mol. The van der Waals surface area contributed by atoms with E-state index < -0.39 is 36.4 Å². The lowest BCUT2D eigenvalue weighted by atomic mass is 9.96. The zero-order valence-corrected chi connectivity index (χ0v) is 20.0. The predicted octanol–water partition coefficient (Wildman–Crippen LogP) is 4.88. The highest BCUT2D eigenvalue weighted by molar-refractivity contribution is 5.88. The molecule has 0 radical (unpaired) electrons. The summed E-state index contributed by atoms with van der Waals surface area (Å²) in [5.41, 5.74) is -2.51. The van der Waals surface area contributed by atoms with Crippen LogP contribution in [0.2, 0.25) is 0 Å². The molecule has 0 aliphatic rings. The molecule has 0 atom stereocenters. The van der Waals surface area contributed by atoms with Gasteiger partial charge in [0, 0.05) is 0 Å². The summed E-state index contributed by atoms with van der Waals surface area (Å²) in [5, 5.41) is 19.6. The summed E-state index contributed by atoms with van der Waals surface area (Å²) in [7, 11) is 0. The van der Waals surface area contributed by atoms with Gasteiger partial charge in [-0.05, 0) is 24.7 Å². The van der Waals surface area contributed by atoms with Gasteiger partial charge in [-0.25, -0.2) is 4.79 Å². The zero-order valence-electron chi connectivity index (χ0n) is 20.0. The Kier molecular flexibility index (Phi) is 16.1. The van der Waals surface area contributed by atoms with E-state index in [0.29, 0.717) is 24.7 Å². The Labute approximate surface area is 187 Å². The molecule has 0 bridgehead atoms. The minimum absolute atomic E-state index is 0.178. The highest BCUT2D eigenvalue weighted by Gasteiger charge is 2.42. The number of esters is 2. The Morgan fingerprint density at radius 2 is 1.03 bits per heavy atom. The summed E-state index contributed by atoms with van der Waals surface area (Å²) in [6, 6.07) is 0. The first-order valence-corrected chi connectivity index (χ1v) is 11.8. The summed E-state index contributed by atoms with van der Waals surface area (Å²) in [6.45, 7) is 9.06. The van der Waals surface area contributed by atoms with Crippen LogP contribution < -0.4 is 0 Å². The van der Waals surface area contributed by atoms with Gasteiger partial charge in [0.15, 0.2) is 5.60 Å². The van der Waals surface area contributed by atoms with E-state index >= 15 is 0 Å². The quantitative estimate of drug-likeness (QED) is 0.216. The summed E-state index contributed by atoms with van der Waals surface area (Å²) in [5.74, 6) is -1.94. The number of carbonyl (C=O) groups is 3. The van der Waals surface area contributed by atoms with E-state index in [1.165, 1.54) is 12.8 Å². The molecule has 0 saturated carbocycles. The van der Waals surface area contributed by atoms with E-state index in [2.05, 4.69) is 27.7 Å². The summed E-state index contributed by atoms with van der Waals surface area (Å²) in [4.78, 5) is 35.3. The van der Waals surface area contributed by atoms with Crippen LogP contribution in [0, 0.1) is 11.8 Å². The van der Waals surface area contributed by atoms with Crippen molar-refractivity contribution < 1.29 is 34.1 Å². The fourth-order valence-corrected chi connectivity index (χ4v) is 3.18. The molecule has 0 aliphatic heterocycles. The van der Waals surface area contributed by atoms with Crippen molar-refractivity contribution in [2.75, 3.05) is 13.2 Å². The van der Waals surface area contributed by atoms with Crippen LogP contribution in [0.3, 0.4) is 0 Å². The van der Waals surface area contributed by atoms with Crippen molar-refractivity contribution in [2.24, 2.45) is 11.8 Å². The molecule has 0 aliphatic carbocycles. The number of aliphatic carboxylic acids is 1. The molecule has 0 heterocycles. The SMILES string of the molecule is CC(C)CCCCCCOC(=O)CC(O)(CC(=O)OCCCCCCC(C)C)C(=O)O. The number of carbonyl (C=O) groups excluding carboxylic acids is 2. The van der Waals surface area contributed by atoms with Gasteiger partial charge in [0.2, 0.25) is 0 Å². The molecule has 0 aromatic carbocycles. The zero-order chi connectivity index (χ0) is 23.7. The van der Waals surface area contributed by atoms with Crippen molar-refractivity contribution in [2.45, 2.75) is 110 Å². The van der Waals surface area contributed by atoms with Gasteiger partial charge < -0.3 is 19.7 Å². The van der Waals surface area contributed by atoms with E-state index in [4.69, 9.17) is 9.47 Å². The second-order valence-electron chi connectivity index (χ2n) is 9.32. The Hall–Kier alpha value is -1.63. The van der Waals surface area contributed by atoms with Crippen LogP contribution in [0.1, 0.15) is 105 Å². The Morgan fingerprint density at radius 1 is 0.677 bits per heavy atom. The lowest BCUT2D eigenvalue weighted by molar-refractivity contribution is -0.173. The van der Waals surface area contributed by atoms with Gasteiger partial charge in [-0.1, -0.05) is 79.1 Å². The van der Waals surface area contributed by atoms with Crippen molar-refractivity contribution in [3.05, 3.63) is 0 Å². The molecule has 0 aromatic rings. The van der Waals surface area contributed by atoms with Crippen molar-refractivity contribution in [3.8, 4) is 0 Å². The molecular weight excluding hydrogens is 400 g/mol. The average Bonchev–Trinajstić information content (AvgIpc) is 2.65. The number of carboxylic acid groups (broad SMARTS) is 1. The molecule has 0 saturated heterocycles. The molecule has 31 heavy (non-hydrogen) atoms. The fraction of sp³-hybridized carbons (Fsp3) is 0.875. The molecule has 7 nitrogen and oxygen atoms in total. The number of hydrogen-bond donors (Lipinski definition) is 2. The third-order valence-corrected chi connectivity index (χ3v) is 5.15. The highest BCUT2D eigenvalue weighted by atomic mass is 16.5. The van der Waals surface area contributed by atoms with Crippen molar-refractivity contribution in [1.82, 2.24) is 0 Å². The topological polar surface area (TPSA) is 110 Å². The largest absolute Gasteiger partial charge is 0.479 e. The molecule has 0 fully saturated rings. The number of aliphatic hydroxyl groups is 1. The number of carboxylic acids is 1. The normalized spacial score (nSPS) is 11.7. The molecule has 7 heteroatoms. The molecule has 0 aromatic heterocycles. The monoisotopic (exact) mass is 444 g/mol. The van der Waals surface area contributed by atoms with Crippen LogP contribution >= 0.6 is 0 Å². The number of rotatable bonds is 19. The first-order valence-electron chi connectivity index (χ1n) is 11.8. The Balaban J connectivity index is 4.11. The smallest absolute Gasteiger partial charge is 0.336 e. The first kappa shape index (κ1) is 29.4. The lowest BCUT2D eigenvalue weighted by Gasteiger charge is -2.21. The second-order valence-corrected chi connectivity index (χ2v) is 9.32. The number of ether oxygens (including phenoxy) is 2. The second kappa shape index (κ2) is 17.0. The first-order chi connectivity index (χ1) is 14.6. The van der Waals surface area contributed by atoms with E-state index in [1.807, 2.05) is 0 Å². The van der Waals surface area contributed by atoms with Gasteiger partial charge in [0.05, 0.1) is 26.1 Å². The van der Waals surface area contributed by atoms with E-state index in [9.17, 15) is 24.6 Å². The minimum atomic E-state index is -2.51. The molecular formula is C24H44O7. The maximum absolute atomic E-state index is 11.9. The number of hydrogen-bond acceptors (Lipinski definition) is 6. The van der Waals surface area contributed by atoms with Gasteiger partial charge in [-0.3, -0.25) is 9.59 Å². The van der Waals surface area contributed by atoms with E-state index in [-0.39, 0.29) is 13.2 Å². The molecule has 0 rings (SSSR count). The van der Waals surface area contributed by atoms with Crippen LogP contribution in [0.5, 0.6) is 0 Å². The van der Waals surface area contributed by atoms with E-state index in [0.717, 1.165) is 38.5 Å². The lowest BCUT2D eigenvalue weighted by Crippen LogP contribution is -2.43. The van der Waals surface area contributed by atoms with Crippen molar-refractivity contribution in [1.29, 1.82) is 0 Å². The van der Waals surface area contributed by atoms with Gasteiger partial charge in [0.25, 0.3) is 0 Å². The van der Waals surface area contributed by atoms with Crippen molar-refractivity contribution >= 4 is 17.9 Å². The highest BCUT2D eigenvalue weighted by Crippen LogP contribution is 2.19. The van der Waals surface area contributed by atoms with Crippen LogP contribution in [-0.2, 0) is 23.9 Å². The molecule has 0 amide bonds. The fourth-order valence-electron chi connectivity index (χ4n) is 3.18. The summed E-state index contributed by atoms with van der Waals surface area (Å²) >= 11 is 0. The summed E-state index contributed by atoms with van der Waals surface area (Å²) in [6.07, 6.45) is 8.37. The Bertz CT molecular complexity index is 478. The van der Waals surface area contributed by atoms with Gasteiger partial charge in [0.1, 0.15) is 0 Å². The minimum Gasteiger partial charge on any atom is -0.479 e. The summed E-state index contributed by atoms with van der Waals surface area (Å²) < 4.78 is 10.1. The van der Waals surface area contributed by atoms with Crippen molar-refractivity contribution in [3.63, 3.8) is 0 Å². The van der Waals surface area contributed by atoms with Crippen LogP contribution in [-0.4, -0.2) is 46.9 Å². The van der Waals surface area contributed by atoms with Gasteiger partial charge >= 0.3 is 17.9 Å². The molecule has 0 unspecified atom stereocenters. The van der Waals surface area contributed by atoms with Crippen LogP contribution in [0.4, 0.5) is 0 Å². The molecule has 0 spiro atoms. The Morgan fingerprint density at radius 3 is 1.35 bits per heavy atom. The van der Waals surface area contributed by atoms with Gasteiger partial charge in [-0.2, -0.15) is 0 Å². The number of unbranched alkanes of at least 4 members (excludes halogenated alkanes) is 6. The molecule has 182 valence electrons. The standard InChI is InChI=1S/C24H44O7/c1-19(2)13-9-5-7-11-15-30-21(25)17-24(29,23(27)28)18-22(26)31-16-12-8-6-10-14-20(3)4/h19-20,29H,5-18H2,1-4H3,(H,27,28). The van der Waals surface area contributed by atoms with Crippen LogP contribution in [0.25, 0.3) is 0 Å². The molecule has 2 N–H and O–H groups in total.